The van der Waals surface area contributed by atoms with Crippen molar-refractivity contribution in [2.75, 3.05) is 13.2 Å². The second-order valence-electron chi connectivity index (χ2n) is 5.90. The van der Waals surface area contributed by atoms with Crippen LogP contribution in [0.25, 0.3) is 0 Å². The summed E-state index contributed by atoms with van der Waals surface area (Å²) < 4.78 is 5.67. The molecule has 21 heavy (non-hydrogen) atoms. The van der Waals surface area contributed by atoms with Crippen LogP contribution in [0, 0.1) is 5.92 Å². The average molecular weight is 312 g/mol. The number of rotatable bonds is 8. The summed E-state index contributed by atoms with van der Waals surface area (Å²) in [4.78, 5) is 0. The van der Waals surface area contributed by atoms with Crippen molar-refractivity contribution in [3.8, 4) is 5.75 Å². The van der Waals surface area contributed by atoms with E-state index >= 15 is 0 Å². The highest BCUT2D eigenvalue weighted by molar-refractivity contribution is 6.32. The summed E-state index contributed by atoms with van der Waals surface area (Å²) in [6, 6.07) is 5.81. The van der Waals surface area contributed by atoms with Crippen molar-refractivity contribution in [1.29, 1.82) is 0 Å². The molecule has 1 aliphatic rings. The van der Waals surface area contributed by atoms with Crippen LogP contribution in [-0.2, 0) is 6.54 Å². The van der Waals surface area contributed by atoms with Gasteiger partial charge in [0, 0.05) is 6.54 Å². The maximum Gasteiger partial charge on any atom is 0.138 e. The van der Waals surface area contributed by atoms with Crippen LogP contribution in [0.4, 0.5) is 0 Å². The Morgan fingerprint density at radius 2 is 2.14 bits per heavy atom. The van der Waals surface area contributed by atoms with E-state index in [4.69, 9.17) is 16.3 Å². The molecule has 0 spiro atoms. The largest absolute Gasteiger partial charge is 0.489 e. The number of ether oxygens (including phenoxy) is 1. The Kier molecular flexibility index (Phi) is 6.81. The predicted molar refractivity (Wildman–Crippen MR) is 86.9 cm³/mol. The van der Waals surface area contributed by atoms with Gasteiger partial charge in [-0.25, -0.2) is 0 Å². The average Bonchev–Trinajstić information content (AvgIpc) is 2.97. The Bertz CT molecular complexity index is 433. The van der Waals surface area contributed by atoms with E-state index in [9.17, 15) is 5.11 Å². The number of aliphatic hydroxyl groups is 1. The second kappa shape index (κ2) is 8.62. The molecule has 0 bridgehead atoms. The van der Waals surface area contributed by atoms with Gasteiger partial charge in [-0.1, -0.05) is 50.3 Å². The zero-order valence-electron chi connectivity index (χ0n) is 12.8. The molecule has 1 unspecified atom stereocenters. The lowest BCUT2D eigenvalue weighted by Crippen LogP contribution is -2.20. The van der Waals surface area contributed by atoms with Crippen LogP contribution in [-0.4, -0.2) is 24.4 Å². The third-order valence-electron chi connectivity index (χ3n) is 4.09. The summed E-state index contributed by atoms with van der Waals surface area (Å²) in [5.74, 6) is 1.32. The quantitative estimate of drug-likeness (QED) is 0.768. The Balaban J connectivity index is 1.79. The number of nitrogens with one attached hydrogen (secondary N) is 1. The Morgan fingerprint density at radius 1 is 1.38 bits per heavy atom. The smallest absolute Gasteiger partial charge is 0.138 e. The maximum absolute atomic E-state index is 10.1. The first-order chi connectivity index (χ1) is 10.2. The zero-order valence-corrected chi connectivity index (χ0v) is 13.5. The van der Waals surface area contributed by atoms with Gasteiger partial charge in [0.2, 0.25) is 0 Å². The van der Waals surface area contributed by atoms with Gasteiger partial charge in [0.05, 0.1) is 11.1 Å². The molecule has 1 aliphatic carbocycles. The molecule has 3 nitrogen and oxygen atoms in total. The molecule has 1 saturated carbocycles. The van der Waals surface area contributed by atoms with Crippen molar-refractivity contribution in [3.05, 3.63) is 28.8 Å². The molecule has 1 atom stereocenters. The third kappa shape index (κ3) is 5.50. The Morgan fingerprint density at radius 3 is 2.81 bits per heavy atom. The number of halogens is 1. The lowest BCUT2D eigenvalue weighted by atomic mass is 10.0. The molecule has 0 aromatic heterocycles. The molecule has 0 aliphatic heterocycles. The normalized spacial score (nSPS) is 17.1. The van der Waals surface area contributed by atoms with E-state index < -0.39 is 6.10 Å². The van der Waals surface area contributed by atoms with Gasteiger partial charge in [0.15, 0.2) is 0 Å². The van der Waals surface area contributed by atoms with E-state index in [-0.39, 0.29) is 0 Å². The lowest BCUT2D eigenvalue weighted by molar-refractivity contribution is 0.0856. The fourth-order valence-corrected chi connectivity index (χ4v) is 3.18. The van der Waals surface area contributed by atoms with Crippen LogP contribution in [0.5, 0.6) is 5.75 Å². The van der Waals surface area contributed by atoms with Crippen molar-refractivity contribution in [3.63, 3.8) is 0 Å². The van der Waals surface area contributed by atoms with Crippen LogP contribution in [0.2, 0.25) is 5.02 Å². The van der Waals surface area contributed by atoms with E-state index in [2.05, 4.69) is 12.2 Å². The molecular weight excluding hydrogens is 286 g/mol. The fraction of sp³-hybridized carbons (Fsp3) is 0.647. The van der Waals surface area contributed by atoms with Crippen LogP contribution < -0.4 is 10.1 Å². The summed E-state index contributed by atoms with van der Waals surface area (Å²) in [5, 5.41) is 13.9. The topological polar surface area (TPSA) is 41.5 Å². The van der Waals surface area contributed by atoms with Crippen LogP contribution in [0.15, 0.2) is 18.2 Å². The molecule has 4 heteroatoms. The van der Waals surface area contributed by atoms with Crippen molar-refractivity contribution in [2.24, 2.45) is 5.92 Å². The summed E-state index contributed by atoms with van der Waals surface area (Å²) in [7, 11) is 0. The predicted octanol–water partition coefficient (Wildman–Crippen LogP) is 3.77. The molecule has 1 aromatic carbocycles. The SMILES string of the molecule is CCNCc1ccc(OCC(O)CC2CCCC2)c(Cl)c1. The van der Waals surface area contributed by atoms with Crippen LogP contribution >= 0.6 is 11.6 Å². The number of hydrogen-bond acceptors (Lipinski definition) is 3. The van der Waals surface area contributed by atoms with E-state index in [1.165, 1.54) is 25.7 Å². The van der Waals surface area contributed by atoms with E-state index in [1.807, 2.05) is 18.2 Å². The minimum atomic E-state index is -0.398. The molecule has 1 fully saturated rings. The van der Waals surface area contributed by atoms with Gasteiger partial charge in [-0.2, -0.15) is 0 Å². The van der Waals surface area contributed by atoms with E-state index in [1.54, 1.807) is 0 Å². The molecule has 0 radical (unpaired) electrons. The van der Waals surface area contributed by atoms with Crippen LogP contribution in [0.1, 0.15) is 44.6 Å². The third-order valence-corrected chi connectivity index (χ3v) is 4.38. The Hall–Kier alpha value is -0.770. The fourth-order valence-electron chi connectivity index (χ4n) is 2.93. The highest BCUT2D eigenvalue weighted by Gasteiger charge is 2.19. The van der Waals surface area contributed by atoms with E-state index in [0.717, 1.165) is 25.1 Å². The monoisotopic (exact) mass is 311 g/mol. The molecule has 2 rings (SSSR count). The summed E-state index contributed by atoms with van der Waals surface area (Å²) in [6.45, 7) is 4.14. The summed E-state index contributed by atoms with van der Waals surface area (Å²) >= 11 is 6.23. The standard InChI is InChI=1S/C17H26ClNO2/c1-2-19-11-14-7-8-17(16(18)10-14)21-12-15(20)9-13-5-3-4-6-13/h7-8,10,13,15,19-20H,2-6,9,11-12H2,1H3. The number of hydrogen-bond donors (Lipinski definition) is 2. The van der Waals surface area contributed by atoms with Crippen LogP contribution in [0.3, 0.4) is 0 Å². The van der Waals surface area contributed by atoms with Gasteiger partial charge in [-0.05, 0) is 36.6 Å². The minimum Gasteiger partial charge on any atom is -0.489 e. The van der Waals surface area contributed by atoms with Crippen molar-refractivity contribution in [2.45, 2.75) is 51.7 Å². The maximum atomic E-state index is 10.1. The Labute approximate surface area is 132 Å². The highest BCUT2D eigenvalue weighted by Crippen LogP contribution is 2.29. The van der Waals surface area contributed by atoms with Gasteiger partial charge in [0.1, 0.15) is 12.4 Å². The first kappa shape index (κ1) is 16.6. The first-order valence-corrected chi connectivity index (χ1v) is 8.36. The number of benzene rings is 1. The summed E-state index contributed by atoms with van der Waals surface area (Å²) in [5.41, 5.74) is 1.14. The molecule has 0 amide bonds. The van der Waals surface area contributed by atoms with Crippen molar-refractivity contribution in [1.82, 2.24) is 5.32 Å². The molecule has 0 saturated heterocycles. The second-order valence-corrected chi connectivity index (χ2v) is 6.30. The highest BCUT2D eigenvalue weighted by atomic mass is 35.5. The minimum absolute atomic E-state index is 0.322. The molecule has 118 valence electrons. The van der Waals surface area contributed by atoms with Gasteiger partial charge >= 0.3 is 0 Å². The van der Waals surface area contributed by atoms with E-state index in [0.29, 0.717) is 23.3 Å². The van der Waals surface area contributed by atoms with Crippen molar-refractivity contribution >= 4 is 11.6 Å². The van der Waals surface area contributed by atoms with Gasteiger partial charge in [-0.3, -0.25) is 0 Å². The summed E-state index contributed by atoms with van der Waals surface area (Å²) in [6.07, 6.45) is 5.55. The zero-order chi connectivity index (χ0) is 15.1. The lowest BCUT2D eigenvalue weighted by Gasteiger charge is -2.17. The molecular formula is C17H26ClNO2. The molecule has 1 aromatic rings. The molecule has 0 heterocycles. The van der Waals surface area contributed by atoms with Crippen molar-refractivity contribution < 1.29 is 9.84 Å². The van der Waals surface area contributed by atoms with Gasteiger partial charge in [-0.15, -0.1) is 0 Å². The van der Waals surface area contributed by atoms with Gasteiger partial charge in [0.25, 0.3) is 0 Å². The molecule has 2 N–H and O–H groups in total. The van der Waals surface area contributed by atoms with Gasteiger partial charge < -0.3 is 15.2 Å². The number of aliphatic hydroxyl groups excluding tert-OH is 1. The first-order valence-electron chi connectivity index (χ1n) is 7.99.